The van der Waals surface area contributed by atoms with Crippen molar-refractivity contribution in [3.05, 3.63) is 34.3 Å². The van der Waals surface area contributed by atoms with Crippen LogP contribution < -0.4 is 5.32 Å². The summed E-state index contributed by atoms with van der Waals surface area (Å²) in [5.74, 6) is 0.284. The summed E-state index contributed by atoms with van der Waals surface area (Å²) in [5, 5.41) is 3.41. The van der Waals surface area contributed by atoms with Gasteiger partial charge in [0, 0.05) is 36.6 Å². The van der Waals surface area contributed by atoms with Gasteiger partial charge in [-0.2, -0.15) is 0 Å². The van der Waals surface area contributed by atoms with E-state index < -0.39 is 0 Å². The Hall–Kier alpha value is -0.870. The summed E-state index contributed by atoms with van der Waals surface area (Å²) in [6.07, 6.45) is 2.92. The minimum Gasteiger partial charge on any atom is -0.343 e. The van der Waals surface area contributed by atoms with Crippen LogP contribution in [0.1, 0.15) is 37.8 Å². The van der Waals surface area contributed by atoms with Crippen LogP contribution in [0.4, 0.5) is 0 Å². The number of hydrogen-bond donors (Lipinski definition) is 1. The highest BCUT2D eigenvalue weighted by Gasteiger charge is 2.17. The van der Waals surface area contributed by atoms with Crippen LogP contribution in [0, 0.1) is 0 Å². The third kappa shape index (κ3) is 4.32. The highest BCUT2D eigenvalue weighted by Crippen LogP contribution is 2.17. The van der Waals surface area contributed by atoms with E-state index in [1.54, 1.807) is 0 Å². The normalized spacial score (nSPS) is 16.6. The summed E-state index contributed by atoms with van der Waals surface area (Å²) < 4.78 is 1.09. The fourth-order valence-electron chi connectivity index (χ4n) is 2.41. The van der Waals surface area contributed by atoms with Crippen molar-refractivity contribution in [3.8, 4) is 0 Å². The van der Waals surface area contributed by atoms with E-state index in [2.05, 4.69) is 40.3 Å². The predicted molar refractivity (Wildman–Crippen MR) is 81.0 cm³/mol. The lowest BCUT2D eigenvalue weighted by molar-refractivity contribution is -0.130. The molecular weight excluding hydrogens is 304 g/mol. The number of amides is 1. The first-order chi connectivity index (χ1) is 9.16. The first-order valence-electron chi connectivity index (χ1n) is 6.93. The fourth-order valence-corrected chi connectivity index (χ4v) is 2.83. The molecule has 0 aliphatic carbocycles. The number of carbonyl (C=O) groups excluding carboxylic acids is 1. The zero-order chi connectivity index (χ0) is 13.7. The fraction of sp³-hybridized carbons (Fsp3) is 0.533. The number of nitrogens with one attached hydrogen (secondary N) is 1. The average molecular weight is 325 g/mol. The van der Waals surface area contributed by atoms with E-state index in [4.69, 9.17) is 0 Å². The zero-order valence-corrected chi connectivity index (χ0v) is 12.9. The van der Waals surface area contributed by atoms with Gasteiger partial charge in [0.1, 0.15) is 0 Å². The molecule has 1 amide bonds. The summed E-state index contributed by atoms with van der Waals surface area (Å²) >= 11 is 3.48. The molecule has 0 bridgehead atoms. The Morgan fingerprint density at radius 1 is 1.42 bits per heavy atom. The first kappa shape index (κ1) is 14.5. The molecule has 2 rings (SSSR count). The van der Waals surface area contributed by atoms with Gasteiger partial charge < -0.3 is 10.2 Å². The largest absolute Gasteiger partial charge is 0.343 e. The summed E-state index contributed by atoms with van der Waals surface area (Å²) in [6.45, 7) is 4.76. The molecule has 0 saturated carbocycles. The molecule has 104 valence electrons. The van der Waals surface area contributed by atoms with Crippen LogP contribution >= 0.6 is 15.9 Å². The Balaban J connectivity index is 1.74. The van der Waals surface area contributed by atoms with E-state index in [0.717, 1.165) is 36.9 Å². The maximum Gasteiger partial charge on any atom is 0.223 e. The van der Waals surface area contributed by atoms with E-state index in [1.807, 2.05) is 17.0 Å². The summed E-state index contributed by atoms with van der Waals surface area (Å²) in [5.41, 5.74) is 1.24. The minimum absolute atomic E-state index is 0.267. The molecule has 4 heteroatoms. The van der Waals surface area contributed by atoms with E-state index >= 15 is 0 Å². The number of nitrogens with zero attached hydrogens (tertiary/aromatic N) is 1. The second kappa shape index (κ2) is 7.06. The second-order valence-corrected chi connectivity index (χ2v) is 5.98. The highest BCUT2D eigenvalue weighted by atomic mass is 79.9. The Morgan fingerprint density at radius 3 is 2.84 bits per heavy atom. The van der Waals surface area contributed by atoms with Crippen LogP contribution in [0.25, 0.3) is 0 Å². The molecular formula is C15H21BrN2O. The number of likely N-dealkylation sites (tertiary alicyclic amines) is 1. The van der Waals surface area contributed by atoms with Gasteiger partial charge in [-0.1, -0.05) is 28.1 Å². The SMILES string of the molecule is CC(NCCC(=O)N1CCCC1)c1cccc(Br)c1. The second-order valence-electron chi connectivity index (χ2n) is 5.07. The predicted octanol–water partition coefficient (Wildman–Crippen LogP) is 3.11. The van der Waals surface area contributed by atoms with Crippen molar-refractivity contribution in [1.29, 1.82) is 0 Å². The molecule has 1 heterocycles. The van der Waals surface area contributed by atoms with Crippen molar-refractivity contribution in [2.45, 2.75) is 32.2 Å². The van der Waals surface area contributed by atoms with Gasteiger partial charge in [0.05, 0.1) is 0 Å². The Morgan fingerprint density at radius 2 is 2.16 bits per heavy atom. The smallest absolute Gasteiger partial charge is 0.223 e. The van der Waals surface area contributed by atoms with Crippen molar-refractivity contribution in [2.75, 3.05) is 19.6 Å². The first-order valence-corrected chi connectivity index (χ1v) is 7.73. The number of benzene rings is 1. The Bertz CT molecular complexity index is 430. The lowest BCUT2D eigenvalue weighted by Crippen LogP contribution is -2.31. The van der Waals surface area contributed by atoms with Crippen molar-refractivity contribution in [1.82, 2.24) is 10.2 Å². The molecule has 1 aromatic rings. The van der Waals surface area contributed by atoms with Crippen LogP contribution in [-0.4, -0.2) is 30.4 Å². The molecule has 19 heavy (non-hydrogen) atoms. The Labute approximate surface area is 123 Å². The molecule has 1 saturated heterocycles. The number of rotatable bonds is 5. The molecule has 1 aliphatic heterocycles. The van der Waals surface area contributed by atoms with Crippen molar-refractivity contribution < 1.29 is 4.79 Å². The lowest BCUT2D eigenvalue weighted by Gasteiger charge is -2.17. The van der Waals surface area contributed by atoms with Crippen molar-refractivity contribution in [2.24, 2.45) is 0 Å². The molecule has 1 atom stereocenters. The van der Waals surface area contributed by atoms with Gasteiger partial charge in [-0.3, -0.25) is 4.79 Å². The molecule has 3 nitrogen and oxygen atoms in total. The van der Waals surface area contributed by atoms with Gasteiger partial charge >= 0.3 is 0 Å². The van der Waals surface area contributed by atoms with E-state index in [1.165, 1.54) is 5.56 Å². The summed E-state index contributed by atoms with van der Waals surface area (Å²) in [6, 6.07) is 8.54. The van der Waals surface area contributed by atoms with Crippen LogP contribution in [0.15, 0.2) is 28.7 Å². The average Bonchev–Trinajstić information content (AvgIpc) is 2.92. The van der Waals surface area contributed by atoms with E-state index in [9.17, 15) is 4.79 Å². The number of hydrogen-bond acceptors (Lipinski definition) is 2. The standard InChI is InChI=1S/C15H21BrN2O/c1-12(13-5-4-6-14(16)11-13)17-8-7-15(19)18-9-2-3-10-18/h4-6,11-12,17H,2-3,7-10H2,1H3. The quantitative estimate of drug-likeness (QED) is 0.902. The molecule has 0 spiro atoms. The third-order valence-electron chi connectivity index (χ3n) is 3.60. The van der Waals surface area contributed by atoms with Crippen LogP contribution in [0.2, 0.25) is 0 Å². The van der Waals surface area contributed by atoms with Crippen LogP contribution in [0.3, 0.4) is 0 Å². The monoisotopic (exact) mass is 324 g/mol. The van der Waals surface area contributed by atoms with Crippen LogP contribution in [-0.2, 0) is 4.79 Å². The van der Waals surface area contributed by atoms with Crippen LogP contribution in [0.5, 0.6) is 0 Å². The summed E-state index contributed by atoms with van der Waals surface area (Å²) in [4.78, 5) is 13.9. The van der Waals surface area contributed by atoms with Gasteiger partial charge in [-0.25, -0.2) is 0 Å². The third-order valence-corrected chi connectivity index (χ3v) is 4.09. The topological polar surface area (TPSA) is 32.3 Å². The number of halogens is 1. The van der Waals surface area contributed by atoms with E-state index in [0.29, 0.717) is 6.42 Å². The molecule has 1 unspecified atom stereocenters. The zero-order valence-electron chi connectivity index (χ0n) is 11.4. The minimum atomic E-state index is 0.267. The molecule has 1 N–H and O–H groups in total. The van der Waals surface area contributed by atoms with Gasteiger partial charge in [0.15, 0.2) is 0 Å². The summed E-state index contributed by atoms with van der Waals surface area (Å²) in [7, 11) is 0. The lowest BCUT2D eigenvalue weighted by atomic mass is 10.1. The molecule has 1 aromatic carbocycles. The Kier molecular flexibility index (Phi) is 5.40. The maximum absolute atomic E-state index is 11.9. The van der Waals surface area contributed by atoms with Gasteiger partial charge in [0.2, 0.25) is 5.91 Å². The van der Waals surface area contributed by atoms with Gasteiger partial charge in [-0.05, 0) is 37.5 Å². The molecule has 1 aliphatic rings. The van der Waals surface area contributed by atoms with Gasteiger partial charge in [-0.15, -0.1) is 0 Å². The molecule has 1 fully saturated rings. The molecule has 0 radical (unpaired) electrons. The molecule has 0 aromatic heterocycles. The maximum atomic E-state index is 11.9. The number of carbonyl (C=O) groups is 1. The van der Waals surface area contributed by atoms with Crippen molar-refractivity contribution in [3.63, 3.8) is 0 Å². The van der Waals surface area contributed by atoms with Crippen molar-refractivity contribution >= 4 is 21.8 Å². The van der Waals surface area contributed by atoms with E-state index in [-0.39, 0.29) is 11.9 Å². The highest BCUT2D eigenvalue weighted by molar-refractivity contribution is 9.10. The van der Waals surface area contributed by atoms with Gasteiger partial charge in [0.25, 0.3) is 0 Å².